The van der Waals surface area contributed by atoms with Gasteiger partial charge in [-0.25, -0.2) is 9.59 Å². The standard InChI is InChI=1S/C19H21NO5/c1-4-14-10-16(17(19(23)24-3)15(5-2)20-14)25-11-12-6-8-13(9-7-12)18(21)22/h6-10H,4-5,11H2,1-3H3,(H,21,22). The molecule has 0 bridgehead atoms. The molecule has 25 heavy (non-hydrogen) atoms. The number of hydrogen-bond acceptors (Lipinski definition) is 5. The van der Waals surface area contributed by atoms with Gasteiger partial charge in [0.15, 0.2) is 0 Å². The highest BCUT2D eigenvalue weighted by atomic mass is 16.5. The number of aromatic nitrogens is 1. The Kier molecular flexibility index (Phi) is 6.11. The molecule has 1 aromatic carbocycles. The summed E-state index contributed by atoms with van der Waals surface area (Å²) in [5.41, 5.74) is 2.82. The number of methoxy groups -OCH3 is 1. The summed E-state index contributed by atoms with van der Waals surface area (Å²) >= 11 is 0. The lowest BCUT2D eigenvalue weighted by molar-refractivity contribution is 0.0592. The molecule has 2 rings (SSSR count). The van der Waals surface area contributed by atoms with E-state index in [-0.39, 0.29) is 12.2 Å². The van der Waals surface area contributed by atoms with E-state index < -0.39 is 11.9 Å². The minimum atomic E-state index is -0.977. The predicted molar refractivity (Wildman–Crippen MR) is 92.1 cm³/mol. The zero-order chi connectivity index (χ0) is 18.4. The Morgan fingerprint density at radius 2 is 1.80 bits per heavy atom. The second-order valence-corrected chi connectivity index (χ2v) is 5.42. The van der Waals surface area contributed by atoms with Gasteiger partial charge in [0, 0.05) is 11.8 Å². The number of carbonyl (C=O) groups excluding carboxylic acids is 1. The molecule has 0 atom stereocenters. The van der Waals surface area contributed by atoms with Gasteiger partial charge in [0.2, 0.25) is 0 Å². The third-order valence-electron chi connectivity index (χ3n) is 3.79. The summed E-state index contributed by atoms with van der Waals surface area (Å²) in [7, 11) is 1.32. The molecule has 2 aromatic rings. The van der Waals surface area contributed by atoms with Gasteiger partial charge in [-0.3, -0.25) is 4.98 Å². The van der Waals surface area contributed by atoms with Gasteiger partial charge in [-0.15, -0.1) is 0 Å². The average molecular weight is 343 g/mol. The number of pyridine rings is 1. The first-order chi connectivity index (χ1) is 12.0. The van der Waals surface area contributed by atoms with Crippen LogP contribution in [0.25, 0.3) is 0 Å². The van der Waals surface area contributed by atoms with Crippen molar-refractivity contribution in [3.63, 3.8) is 0 Å². The van der Waals surface area contributed by atoms with Crippen LogP contribution in [0.15, 0.2) is 30.3 Å². The number of esters is 1. The van der Waals surface area contributed by atoms with Crippen LogP contribution in [0.3, 0.4) is 0 Å². The second-order valence-electron chi connectivity index (χ2n) is 5.42. The van der Waals surface area contributed by atoms with Gasteiger partial charge in [0.1, 0.15) is 17.9 Å². The van der Waals surface area contributed by atoms with E-state index >= 15 is 0 Å². The highest BCUT2D eigenvalue weighted by Gasteiger charge is 2.20. The van der Waals surface area contributed by atoms with Crippen LogP contribution in [0.1, 0.15) is 51.5 Å². The SMILES string of the molecule is CCc1cc(OCc2ccc(C(=O)O)cc2)c(C(=O)OC)c(CC)n1. The van der Waals surface area contributed by atoms with Crippen molar-refractivity contribution in [2.75, 3.05) is 7.11 Å². The van der Waals surface area contributed by atoms with Crippen molar-refractivity contribution in [3.8, 4) is 5.75 Å². The topological polar surface area (TPSA) is 85.7 Å². The molecule has 0 aliphatic rings. The van der Waals surface area contributed by atoms with Crippen LogP contribution in [0, 0.1) is 0 Å². The summed E-state index contributed by atoms with van der Waals surface area (Å²) < 4.78 is 10.7. The van der Waals surface area contributed by atoms with Gasteiger partial charge in [0.25, 0.3) is 0 Å². The van der Waals surface area contributed by atoms with Crippen molar-refractivity contribution < 1.29 is 24.2 Å². The number of carbonyl (C=O) groups is 2. The zero-order valence-electron chi connectivity index (χ0n) is 14.5. The molecule has 0 unspecified atom stereocenters. The molecule has 1 heterocycles. The van der Waals surface area contributed by atoms with Crippen molar-refractivity contribution in [1.82, 2.24) is 4.98 Å². The molecule has 0 saturated carbocycles. The fraction of sp³-hybridized carbons (Fsp3) is 0.316. The minimum absolute atomic E-state index is 0.209. The van der Waals surface area contributed by atoms with E-state index in [4.69, 9.17) is 14.6 Å². The Labute approximate surface area is 146 Å². The Morgan fingerprint density at radius 3 is 2.32 bits per heavy atom. The molecule has 132 valence electrons. The molecule has 0 radical (unpaired) electrons. The minimum Gasteiger partial charge on any atom is -0.488 e. The van der Waals surface area contributed by atoms with Crippen molar-refractivity contribution >= 4 is 11.9 Å². The molecule has 1 aromatic heterocycles. The van der Waals surface area contributed by atoms with Crippen LogP contribution in [-0.2, 0) is 24.2 Å². The van der Waals surface area contributed by atoms with E-state index in [2.05, 4.69) is 4.98 Å². The largest absolute Gasteiger partial charge is 0.488 e. The summed E-state index contributed by atoms with van der Waals surface area (Å²) in [5.74, 6) is -1.03. The quantitative estimate of drug-likeness (QED) is 0.777. The average Bonchev–Trinajstić information content (AvgIpc) is 2.65. The highest BCUT2D eigenvalue weighted by molar-refractivity contribution is 5.93. The second kappa shape index (κ2) is 8.28. The van der Waals surface area contributed by atoms with Gasteiger partial charge in [-0.2, -0.15) is 0 Å². The predicted octanol–water partition coefficient (Wildman–Crippen LogP) is 3.27. The van der Waals surface area contributed by atoms with Crippen molar-refractivity contribution in [2.24, 2.45) is 0 Å². The number of nitrogens with zero attached hydrogens (tertiary/aromatic N) is 1. The molecule has 1 N–H and O–H groups in total. The van der Waals surface area contributed by atoms with E-state index in [1.54, 1.807) is 18.2 Å². The number of ether oxygens (including phenoxy) is 2. The van der Waals surface area contributed by atoms with Crippen molar-refractivity contribution in [2.45, 2.75) is 33.3 Å². The first kappa shape index (κ1) is 18.4. The van der Waals surface area contributed by atoms with Crippen LogP contribution < -0.4 is 4.74 Å². The third-order valence-corrected chi connectivity index (χ3v) is 3.79. The van der Waals surface area contributed by atoms with Crippen molar-refractivity contribution in [3.05, 3.63) is 58.4 Å². The Hall–Kier alpha value is -2.89. The van der Waals surface area contributed by atoms with Gasteiger partial charge in [0.05, 0.1) is 18.4 Å². The maximum atomic E-state index is 12.1. The molecule has 0 aliphatic heterocycles. The molecule has 0 aliphatic carbocycles. The summed E-state index contributed by atoms with van der Waals surface area (Å²) in [6.07, 6.45) is 1.31. The van der Waals surface area contributed by atoms with E-state index in [0.29, 0.717) is 23.4 Å². The van der Waals surface area contributed by atoms with Gasteiger partial charge < -0.3 is 14.6 Å². The van der Waals surface area contributed by atoms with Crippen molar-refractivity contribution in [1.29, 1.82) is 0 Å². The smallest absolute Gasteiger partial charge is 0.343 e. The fourth-order valence-electron chi connectivity index (χ4n) is 2.40. The summed E-state index contributed by atoms with van der Waals surface area (Å²) in [6.45, 7) is 4.11. The fourth-order valence-corrected chi connectivity index (χ4v) is 2.40. The lowest BCUT2D eigenvalue weighted by atomic mass is 10.1. The van der Waals surface area contributed by atoms with Gasteiger partial charge in [-0.1, -0.05) is 26.0 Å². The van der Waals surface area contributed by atoms with E-state index in [0.717, 1.165) is 17.7 Å². The Morgan fingerprint density at radius 1 is 1.12 bits per heavy atom. The highest BCUT2D eigenvalue weighted by Crippen LogP contribution is 2.25. The number of benzene rings is 1. The van der Waals surface area contributed by atoms with Gasteiger partial charge >= 0.3 is 11.9 Å². The molecule has 0 amide bonds. The molecule has 0 fully saturated rings. The molecule has 0 saturated heterocycles. The molecule has 6 nitrogen and oxygen atoms in total. The normalized spacial score (nSPS) is 10.4. The van der Waals surface area contributed by atoms with E-state index in [9.17, 15) is 9.59 Å². The number of aryl methyl sites for hydroxylation is 2. The molecular formula is C19H21NO5. The lowest BCUT2D eigenvalue weighted by Gasteiger charge is -2.15. The zero-order valence-corrected chi connectivity index (χ0v) is 14.5. The monoisotopic (exact) mass is 343 g/mol. The van der Waals surface area contributed by atoms with Gasteiger partial charge in [-0.05, 0) is 30.5 Å². The maximum Gasteiger partial charge on any atom is 0.343 e. The number of hydrogen-bond donors (Lipinski definition) is 1. The number of aromatic carboxylic acids is 1. The van der Waals surface area contributed by atoms with E-state index in [1.165, 1.54) is 19.2 Å². The van der Waals surface area contributed by atoms with Crippen LogP contribution in [0.2, 0.25) is 0 Å². The first-order valence-corrected chi connectivity index (χ1v) is 8.06. The number of carboxylic acid groups (broad SMARTS) is 1. The summed E-state index contributed by atoms with van der Waals surface area (Å²) in [4.78, 5) is 27.5. The lowest BCUT2D eigenvalue weighted by Crippen LogP contribution is -2.12. The Balaban J connectivity index is 2.30. The van der Waals surface area contributed by atoms with E-state index in [1.807, 2.05) is 13.8 Å². The van der Waals surface area contributed by atoms with Crippen LogP contribution in [0.5, 0.6) is 5.75 Å². The molecular weight excluding hydrogens is 322 g/mol. The van der Waals surface area contributed by atoms with Crippen LogP contribution in [-0.4, -0.2) is 29.1 Å². The third kappa shape index (κ3) is 4.35. The van der Waals surface area contributed by atoms with Crippen LogP contribution >= 0.6 is 0 Å². The maximum absolute atomic E-state index is 12.1. The summed E-state index contributed by atoms with van der Waals surface area (Å²) in [5, 5.41) is 8.93. The molecule has 0 spiro atoms. The number of carboxylic acids is 1. The van der Waals surface area contributed by atoms with Crippen LogP contribution in [0.4, 0.5) is 0 Å². The molecule has 6 heteroatoms. The number of rotatable bonds is 7. The first-order valence-electron chi connectivity index (χ1n) is 8.06. The Bertz CT molecular complexity index is 768. The summed E-state index contributed by atoms with van der Waals surface area (Å²) in [6, 6.07) is 8.15.